The summed E-state index contributed by atoms with van der Waals surface area (Å²) in [6.07, 6.45) is 0.757. The predicted molar refractivity (Wildman–Crippen MR) is 100 cm³/mol. The average molecular weight is 412 g/mol. The first kappa shape index (κ1) is 21.1. The second-order valence-electron chi connectivity index (χ2n) is 7.44. The topological polar surface area (TPSA) is 88.1 Å². The van der Waals surface area contributed by atoms with Crippen LogP contribution in [0.25, 0.3) is 0 Å². The van der Waals surface area contributed by atoms with E-state index in [-0.39, 0.29) is 18.4 Å². The van der Waals surface area contributed by atoms with E-state index in [1.54, 1.807) is 0 Å². The Hall–Kier alpha value is -2.58. The van der Waals surface area contributed by atoms with Gasteiger partial charge in [0.1, 0.15) is 18.0 Å². The molecule has 0 spiro atoms. The molecule has 1 saturated carbocycles. The van der Waals surface area contributed by atoms with E-state index in [0.29, 0.717) is 56.4 Å². The van der Waals surface area contributed by atoms with Gasteiger partial charge < -0.3 is 19.9 Å². The number of carbonyl (C=O) groups is 2. The lowest BCUT2D eigenvalue weighted by molar-refractivity contribution is -0.125. The summed E-state index contributed by atoms with van der Waals surface area (Å²) in [5, 5.41) is 11.8. The molecule has 1 saturated heterocycles. The lowest BCUT2D eigenvalue weighted by Gasteiger charge is -2.26. The molecule has 2 N–H and O–H groups in total. The molecule has 160 valence electrons. The van der Waals surface area contributed by atoms with Crippen LogP contribution in [0.4, 0.5) is 13.6 Å². The largest absolute Gasteiger partial charge is 0.496 e. The summed E-state index contributed by atoms with van der Waals surface area (Å²) >= 11 is 0. The lowest BCUT2D eigenvalue weighted by Crippen LogP contribution is -2.45. The van der Waals surface area contributed by atoms with E-state index in [0.717, 1.165) is 4.90 Å². The van der Waals surface area contributed by atoms with Gasteiger partial charge in [0.05, 0.1) is 13.2 Å². The van der Waals surface area contributed by atoms with Gasteiger partial charge in [-0.15, -0.1) is 0 Å². The van der Waals surface area contributed by atoms with E-state index in [9.17, 15) is 18.4 Å². The Morgan fingerprint density at radius 1 is 1.21 bits per heavy atom. The highest BCUT2D eigenvalue weighted by molar-refractivity contribution is 5.85. The van der Waals surface area contributed by atoms with Crippen LogP contribution >= 0.6 is 0 Å². The van der Waals surface area contributed by atoms with Gasteiger partial charge in [0.25, 0.3) is 0 Å². The fourth-order valence-corrected chi connectivity index (χ4v) is 3.88. The summed E-state index contributed by atoms with van der Waals surface area (Å²) in [7, 11) is 1.43. The number of alkyl halides is 1. The van der Waals surface area contributed by atoms with Gasteiger partial charge in [-0.25, -0.2) is 13.6 Å². The van der Waals surface area contributed by atoms with Crippen molar-refractivity contribution in [3.8, 4) is 11.5 Å². The number of carboxylic acid groups (broad SMARTS) is 1. The molecule has 1 unspecified atom stereocenters. The molecule has 2 aliphatic rings. The van der Waals surface area contributed by atoms with Gasteiger partial charge in [-0.1, -0.05) is 0 Å². The number of carbonyl (C=O) groups excluding carboxylic acids is 1. The number of amides is 2. The molecule has 1 aliphatic heterocycles. The Morgan fingerprint density at radius 3 is 2.59 bits per heavy atom. The Morgan fingerprint density at radius 2 is 1.93 bits per heavy atom. The van der Waals surface area contributed by atoms with Crippen molar-refractivity contribution < 1.29 is 33.0 Å². The zero-order valence-corrected chi connectivity index (χ0v) is 16.3. The Kier molecular flexibility index (Phi) is 6.76. The average Bonchev–Trinajstić information content (AvgIpc) is 3.19. The van der Waals surface area contributed by atoms with Gasteiger partial charge in [-0.3, -0.25) is 9.69 Å². The fourth-order valence-electron chi connectivity index (χ4n) is 3.88. The maximum absolute atomic E-state index is 14.5. The molecule has 2 fully saturated rings. The zero-order valence-electron chi connectivity index (χ0n) is 16.3. The van der Waals surface area contributed by atoms with Gasteiger partial charge in [-0.05, 0) is 44.6 Å². The van der Waals surface area contributed by atoms with Crippen molar-refractivity contribution in [2.24, 2.45) is 0 Å². The number of benzene rings is 1. The molecule has 1 aliphatic carbocycles. The van der Waals surface area contributed by atoms with Gasteiger partial charge >= 0.3 is 6.09 Å². The summed E-state index contributed by atoms with van der Waals surface area (Å²) in [6, 6.07) is 1.92. The lowest BCUT2D eigenvalue weighted by atomic mass is 9.96. The van der Waals surface area contributed by atoms with E-state index in [1.807, 2.05) is 0 Å². The minimum absolute atomic E-state index is 0.00384. The van der Waals surface area contributed by atoms with Crippen molar-refractivity contribution in [1.29, 1.82) is 0 Å². The predicted octanol–water partition coefficient (Wildman–Crippen LogP) is 3.25. The number of nitrogens with one attached hydrogen (secondary N) is 1. The smallest absolute Gasteiger partial charge is 0.407 e. The maximum Gasteiger partial charge on any atom is 0.407 e. The van der Waals surface area contributed by atoms with Crippen molar-refractivity contribution in [3.05, 3.63) is 23.5 Å². The van der Waals surface area contributed by atoms with Crippen LogP contribution < -0.4 is 14.8 Å². The zero-order chi connectivity index (χ0) is 21.0. The van der Waals surface area contributed by atoms with Crippen molar-refractivity contribution >= 4 is 12.0 Å². The molecule has 1 aromatic carbocycles. The summed E-state index contributed by atoms with van der Waals surface area (Å²) in [5.41, 5.74) is 0.415. The molecule has 7 nitrogen and oxygen atoms in total. The SMILES string of the molecule is COc1cc(OC2CCC(F)CC2)c(F)cc1CNC(=O)C1CCCN1C(=O)O. The molecule has 0 radical (unpaired) electrons. The van der Waals surface area contributed by atoms with Crippen LogP contribution in [0.15, 0.2) is 12.1 Å². The molecule has 0 aromatic heterocycles. The molecule has 3 rings (SSSR count). The second kappa shape index (κ2) is 9.28. The van der Waals surface area contributed by atoms with E-state index in [4.69, 9.17) is 14.6 Å². The Bertz CT molecular complexity index is 753. The Labute approximate surface area is 168 Å². The Balaban J connectivity index is 1.64. The van der Waals surface area contributed by atoms with Gasteiger partial charge in [-0.2, -0.15) is 0 Å². The second-order valence-corrected chi connectivity index (χ2v) is 7.44. The number of nitrogens with zero attached hydrogens (tertiary/aromatic N) is 1. The normalized spacial score (nSPS) is 24.2. The van der Waals surface area contributed by atoms with Gasteiger partial charge in [0, 0.05) is 24.7 Å². The summed E-state index contributed by atoms with van der Waals surface area (Å²) < 4.78 is 38.8. The highest BCUT2D eigenvalue weighted by Gasteiger charge is 2.34. The number of methoxy groups -OCH3 is 1. The van der Waals surface area contributed by atoms with Crippen LogP contribution in [0, 0.1) is 5.82 Å². The minimum atomic E-state index is -1.13. The van der Waals surface area contributed by atoms with Crippen molar-refractivity contribution in [3.63, 3.8) is 0 Å². The van der Waals surface area contributed by atoms with E-state index < -0.39 is 30.0 Å². The van der Waals surface area contributed by atoms with Crippen molar-refractivity contribution in [2.75, 3.05) is 13.7 Å². The van der Waals surface area contributed by atoms with Crippen LogP contribution in [0.1, 0.15) is 44.1 Å². The molecule has 0 bridgehead atoms. The van der Waals surface area contributed by atoms with Crippen LogP contribution in [0.3, 0.4) is 0 Å². The first-order valence-corrected chi connectivity index (χ1v) is 9.83. The van der Waals surface area contributed by atoms with Crippen LogP contribution in [0.5, 0.6) is 11.5 Å². The summed E-state index contributed by atoms with van der Waals surface area (Å²) in [4.78, 5) is 24.7. The molecule has 29 heavy (non-hydrogen) atoms. The van der Waals surface area contributed by atoms with E-state index in [1.165, 1.54) is 19.2 Å². The quantitative estimate of drug-likeness (QED) is 0.749. The molecule has 1 heterocycles. The minimum Gasteiger partial charge on any atom is -0.496 e. The number of hydrogen-bond acceptors (Lipinski definition) is 4. The highest BCUT2D eigenvalue weighted by Crippen LogP contribution is 2.32. The number of ether oxygens (including phenoxy) is 2. The molecule has 2 amide bonds. The third-order valence-corrected chi connectivity index (χ3v) is 5.49. The van der Waals surface area contributed by atoms with Crippen LogP contribution in [-0.2, 0) is 11.3 Å². The maximum atomic E-state index is 14.5. The first-order chi connectivity index (χ1) is 13.9. The van der Waals surface area contributed by atoms with Gasteiger partial charge in [0.2, 0.25) is 5.91 Å². The molecule has 1 atom stereocenters. The van der Waals surface area contributed by atoms with Crippen LogP contribution in [-0.4, -0.2) is 54.0 Å². The third kappa shape index (κ3) is 5.07. The van der Waals surface area contributed by atoms with Crippen LogP contribution in [0.2, 0.25) is 0 Å². The van der Waals surface area contributed by atoms with Gasteiger partial charge in [0.15, 0.2) is 11.6 Å². The number of rotatable bonds is 6. The monoisotopic (exact) mass is 412 g/mol. The molecule has 1 aromatic rings. The number of halogens is 2. The molecular weight excluding hydrogens is 386 g/mol. The highest BCUT2D eigenvalue weighted by atomic mass is 19.1. The molecular formula is C20H26F2N2O5. The number of hydrogen-bond donors (Lipinski definition) is 2. The third-order valence-electron chi connectivity index (χ3n) is 5.49. The van der Waals surface area contributed by atoms with E-state index >= 15 is 0 Å². The summed E-state index contributed by atoms with van der Waals surface area (Å²) in [5.74, 6) is -0.629. The number of likely N-dealkylation sites (tertiary alicyclic amines) is 1. The van der Waals surface area contributed by atoms with Crippen molar-refractivity contribution in [1.82, 2.24) is 10.2 Å². The van der Waals surface area contributed by atoms with E-state index in [2.05, 4.69) is 5.32 Å². The molecule has 9 heteroatoms. The fraction of sp³-hybridized carbons (Fsp3) is 0.600. The standard InChI is InChI=1S/C20H26F2N2O5/c1-28-17-10-18(29-14-6-4-13(21)5-7-14)15(22)9-12(17)11-23-19(25)16-3-2-8-24(16)20(26)27/h9-10,13-14,16H,2-8,11H2,1H3,(H,23,25)(H,26,27). The summed E-state index contributed by atoms with van der Waals surface area (Å²) in [6.45, 7) is 0.317. The van der Waals surface area contributed by atoms with Crippen molar-refractivity contribution in [2.45, 2.75) is 63.4 Å². The first-order valence-electron chi connectivity index (χ1n) is 9.83.